The fraction of sp³-hybridized carbons (Fsp3) is 0.500. The molecule has 0 aromatic heterocycles. The van der Waals surface area contributed by atoms with Crippen molar-refractivity contribution in [1.82, 2.24) is 10.6 Å². The molecule has 0 radical (unpaired) electrons. The maximum atomic E-state index is 11.8. The maximum absolute atomic E-state index is 11.8. The molecule has 1 amide bonds. The largest absolute Gasteiger partial charge is 0.387 e. The van der Waals surface area contributed by atoms with Gasteiger partial charge < -0.3 is 15.7 Å². The fourth-order valence-electron chi connectivity index (χ4n) is 2.30. The number of aliphatic hydroxyl groups excluding tert-OH is 1. The molecule has 3 N–H and O–H groups in total. The molecule has 1 saturated heterocycles. The Hall–Kier alpha value is -1.44. The van der Waals surface area contributed by atoms with E-state index in [4.69, 9.17) is 0 Å². The molecule has 0 aliphatic carbocycles. The number of rotatable bonds is 5. The van der Waals surface area contributed by atoms with Crippen molar-refractivity contribution in [1.29, 1.82) is 0 Å². The highest BCUT2D eigenvalue weighted by molar-refractivity contribution is 7.91. The van der Waals surface area contributed by atoms with Crippen LogP contribution in [0.3, 0.4) is 0 Å². The smallest absolute Gasteiger partial charge is 0.221 e. The number of hydrogen-bond acceptors (Lipinski definition) is 5. The van der Waals surface area contributed by atoms with Crippen molar-refractivity contribution in [3.05, 3.63) is 35.9 Å². The lowest BCUT2D eigenvalue weighted by atomic mass is 10.1. The molecule has 0 saturated carbocycles. The Morgan fingerprint density at radius 3 is 2.76 bits per heavy atom. The Morgan fingerprint density at radius 1 is 1.38 bits per heavy atom. The zero-order chi connectivity index (χ0) is 15.3. The van der Waals surface area contributed by atoms with Crippen LogP contribution >= 0.6 is 0 Å². The highest BCUT2D eigenvalue weighted by Crippen LogP contribution is 2.11. The van der Waals surface area contributed by atoms with Gasteiger partial charge >= 0.3 is 0 Å². The monoisotopic (exact) mass is 312 g/mol. The first-order valence-electron chi connectivity index (χ1n) is 6.90. The second-order valence-electron chi connectivity index (χ2n) is 5.20. The summed E-state index contributed by atoms with van der Waals surface area (Å²) in [5.74, 6) is -0.154. The lowest BCUT2D eigenvalue weighted by molar-refractivity contribution is -0.121. The van der Waals surface area contributed by atoms with E-state index in [1.165, 1.54) is 0 Å². The Morgan fingerprint density at radius 2 is 2.10 bits per heavy atom. The average Bonchev–Trinajstić information content (AvgIpc) is 2.44. The molecule has 6 nitrogen and oxygen atoms in total. The van der Waals surface area contributed by atoms with E-state index < -0.39 is 15.9 Å². The zero-order valence-electron chi connectivity index (χ0n) is 11.7. The van der Waals surface area contributed by atoms with Gasteiger partial charge in [-0.05, 0) is 5.56 Å². The van der Waals surface area contributed by atoms with Gasteiger partial charge in [0.15, 0.2) is 9.84 Å². The molecule has 1 fully saturated rings. The van der Waals surface area contributed by atoms with Crippen molar-refractivity contribution in [2.24, 2.45) is 0 Å². The second-order valence-corrected chi connectivity index (χ2v) is 7.43. The van der Waals surface area contributed by atoms with Gasteiger partial charge in [-0.15, -0.1) is 0 Å². The van der Waals surface area contributed by atoms with Gasteiger partial charge in [0.05, 0.1) is 17.6 Å². The second kappa shape index (κ2) is 7.02. The topological polar surface area (TPSA) is 95.5 Å². The minimum absolute atomic E-state index is 0.0122. The summed E-state index contributed by atoms with van der Waals surface area (Å²) in [6, 6.07) is 8.70. The van der Waals surface area contributed by atoms with Crippen molar-refractivity contribution >= 4 is 15.7 Å². The molecule has 2 unspecified atom stereocenters. The number of carbonyl (C=O) groups excluding carboxylic acids is 1. The number of sulfone groups is 1. The Bertz CT molecular complexity index is 574. The third-order valence-corrected chi connectivity index (χ3v) is 5.15. The van der Waals surface area contributed by atoms with Crippen LogP contribution in [0.4, 0.5) is 0 Å². The molecular formula is C14H20N2O4S. The summed E-state index contributed by atoms with van der Waals surface area (Å²) in [6.07, 6.45) is -0.668. The minimum Gasteiger partial charge on any atom is -0.387 e. The number of amides is 1. The molecule has 1 aliphatic heterocycles. The predicted molar refractivity (Wildman–Crippen MR) is 79.5 cm³/mol. The van der Waals surface area contributed by atoms with Crippen LogP contribution in [0.1, 0.15) is 18.1 Å². The summed E-state index contributed by atoms with van der Waals surface area (Å²) in [6.45, 7) is 0.495. The van der Waals surface area contributed by atoms with E-state index in [9.17, 15) is 18.3 Å². The van der Waals surface area contributed by atoms with Crippen LogP contribution < -0.4 is 10.6 Å². The number of carbonyl (C=O) groups is 1. The molecule has 2 rings (SSSR count). The van der Waals surface area contributed by atoms with Gasteiger partial charge in [-0.1, -0.05) is 30.3 Å². The Labute approximate surface area is 124 Å². The zero-order valence-corrected chi connectivity index (χ0v) is 12.5. The summed E-state index contributed by atoms with van der Waals surface area (Å²) in [7, 11) is -3.04. The first-order chi connectivity index (χ1) is 9.96. The third kappa shape index (κ3) is 5.11. The number of benzene rings is 1. The van der Waals surface area contributed by atoms with E-state index in [0.29, 0.717) is 6.54 Å². The van der Waals surface area contributed by atoms with E-state index >= 15 is 0 Å². The van der Waals surface area contributed by atoms with Crippen LogP contribution in [0.2, 0.25) is 0 Å². The molecule has 2 atom stereocenters. The fourth-order valence-corrected chi connectivity index (χ4v) is 3.74. The van der Waals surface area contributed by atoms with E-state index in [2.05, 4.69) is 10.6 Å². The van der Waals surface area contributed by atoms with Crippen LogP contribution in [0.5, 0.6) is 0 Å². The molecule has 21 heavy (non-hydrogen) atoms. The quantitative estimate of drug-likeness (QED) is 0.688. The van der Waals surface area contributed by atoms with E-state index in [1.54, 1.807) is 12.1 Å². The summed E-state index contributed by atoms with van der Waals surface area (Å²) in [5, 5.41) is 15.6. The van der Waals surface area contributed by atoms with Crippen molar-refractivity contribution in [2.45, 2.75) is 18.6 Å². The maximum Gasteiger partial charge on any atom is 0.221 e. The molecule has 7 heteroatoms. The summed E-state index contributed by atoms with van der Waals surface area (Å²) >= 11 is 0. The lowest BCUT2D eigenvalue weighted by Gasteiger charge is -2.23. The van der Waals surface area contributed by atoms with E-state index in [0.717, 1.165) is 5.56 Å². The van der Waals surface area contributed by atoms with Gasteiger partial charge in [0, 0.05) is 25.6 Å². The van der Waals surface area contributed by atoms with Gasteiger partial charge in [0.25, 0.3) is 0 Å². The third-order valence-electron chi connectivity index (χ3n) is 3.41. The first kappa shape index (κ1) is 15.9. The van der Waals surface area contributed by atoms with Crippen LogP contribution in [0.15, 0.2) is 30.3 Å². The SMILES string of the molecule is O=C(CC1CS(=O)(=O)CCN1)NCC(O)c1ccccc1. The van der Waals surface area contributed by atoms with Gasteiger partial charge in [-0.25, -0.2) is 8.42 Å². The number of aliphatic hydroxyl groups is 1. The Kier molecular flexibility index (Phi) is 5.33. The molecule has 1 aromatic rings. The summed E-state index contributed by atoms with van der Waals surface area (Å²) in [4.78, 5) is 11.8. The van der Waals surface area contributed by atoms with Crippen LogP contribution in [-0.2, 0) is 14.6 Å². The van der Waals surface area contributed by atoms with E-state index in [1.807, 2.05) is 18.2 Å². The van der Waals surface area contributed by atoms with Gasteiger partial charge in [-0.2, -0.15) is 0 Å². The van der Waals surface area contributed by atoms with Gasteiger partial charge in [0.1, 0.15) is 0 Å². The van der Waals surface area contributed by atoms with Gasteiger partial charge in [0.2, 0.25) is 5.91 Å². The van der Waals surface area contributed by atoms with Crippen molar-refractivity contribution in [3.8, 4) is 0 Å². The highest BCUT2D eigenvalue weighted by Gasteiger charge is 2.26. The molecule has 1 aliphatic rings. The summed E-state index contributed by atoms with van der Waals surface area (Å²) in [5.41, 5.74) is 0.733. The normalized spacial score (nSPS) is 22.4. The summed E-state index contributed by atoms with van der Waals surface area (Å²) < 4.78 is 23.0. The first-order valence-corrected chi connectivity index (χ1v) is 8.72. The van der Waals surface area contributed by atoms with Crippen molar-refractivity contribution in [2.75, 3.05) is 24.6 Å². The molecule has 1 aromatic carbocycles. The predicted octanol–water partition coefficient (Wildman–Crippen LogP) is -0.387. The van der Waals surface area contributed by atoms with Crippen LogP contribution in [-0.4, -0.2) is 50.1 Å². The molecule has 0 bridgehead atoms. The van der Waals surface area contributed by atoms with Crippen LogP contribution in [0.25, 0.3) is 0 Å². The van der Waals surface area contributed by atoms with Crippen molar-refractivity contribution < 1.29 is 18.3 Å². The average molecular weight is 312 g/mol. The van der Waals surface area contributed by atoms with Crippen molar-refractivity contribution in [3.63, 3.8) is 0 Å². The molecular weight excluding hydrogens is 292 g/mol. The molecule has 0 spiro atoms. The standard InChI is InChI=1S/C14H20N2O4S/c17-13(11-4-2-1-3-5-11)9-16-14(18)8-12-10-21(19,20)7-6-15-12/h1-5,12-13,15,17H,6-10H2,(H,16,18). The number of hydrogen-bond donors (Lipinski definition) is 3. The highest BCUT2D eigenvalue weighted by atomic mass is 32.2. The minimum atomic E-state index is -3.04. The Balaban J connectivity index is 1.77. The van der Waals surface area contributed by atoms with Gasteiger partial charge in [-0.3, -0.25) is 4.79 Å². The number of nitrogens with one attached hydrogen (secondary N) is 2. The molecule has 116 valence electrons. The lowest BCUT2D eigenvalue weighted by Crippen LogP contribution is -2.47. The molecule has 1 heterocycles. The van der Waals surface area contributed by atoms with E-state index in [-0.39, 0.29) is 36.4 Å². The van der Waals surface area contributed by atoms with Crippen LogP contribution in [0, 0.1) is 0 Å².